The maximum atomic E-state index is 12.0. The fourth-order valence-electron chi connectivity index (χ4n) is 1.55. The highest BCUT2D eigenvalue weighted by Gasteiger charge is 2.16. The Balaban J connectivity index is 2.77. The lowest BCUT2D eigenvalue weighted by atomic mass is 10.1. The first kappa shape index (κ1) is 14.8. The maximum absolute atomic E-state index is 12.0. The second-order valence-corrected chi connectivity index (χ2v) is 4.25. The first-order valence-corrected chi connectivity index (χ1v) is 5.92. The van der Waals surface area contributed by atoms with Gasteiger partial charge in [-0.3, -0.25) is 4.79 Å². The van der Waals surface area contributed by atoms with E-state index in [-0.39, 0.29) is 24.2 Å². The van der Waals surface area contributed by atoms with Crippen LogP contribution >= 0.6 is 11.6 Å². The lowest BCUT2D eigenvalue weighted by molar-refractivity contribution is 0.0879. The summed E-state index contributed by atoms with van der Waals surface area (Å²) in [6.45, 7) is 0.298. The van der Waals surface area contributed by atoms with Gasteiger partial charge < -0.3 is 20.9 Å². The SMILES string of the molecule is COCC(CCO)NC(=O)c1cccc(Cl)c1N. The minimum absolute atomic E-state index is 0.0284. The molecule has 18 heavy (non-hydrogen) atoms. The van der Waals surface area contributed by atoms with Gasteiger partial charge in [-0.15, -0.1) is 0 Å². The van der Waals surface area contributed by atoms with E-state index in [1.165, 1.54) is 7.11 Å². The summed E-state index contributed by atoms with van der Waals surface area (Å²) in [5.41, 5.74) is 6.30. The van der Waals surface area contributed by atoms with Crippen LogP contribution < -0.4 is 11.1 Å². The molecular weight excluding hydrogens is 256 g/mol. The molecule has 1 atom stereocenters. The smallest absolute Gasteiger partial charge is 0.253 e. The van der Waals surface area contributed by atoms with E-state index >= 15 is 0 Å². The molecule has 6 heteroatoms. The van der Waals surface area contributed by atoms with Crippen molar-refractivity contribution in [1.82, 2.24) is 5.32 Å². The van der Waals surface area contributed by atoms with Crippen LogP contribution in [0.5, 0.6) is 0 Å². The van der Waals surface area contributed by atoms with Crippen molar-refractivity contribution in [3.63, 3.8) is 0 Å². The molecular formula is C12H17ClN2O3. The zero-order valence-corrected chi connectivity index (χ0v) is 10.9. The number of halogens is 1. The first-order chi connectivity index (χ1) is 8.60. The fraction of sp³-hybridized carbons (Fsp3) is 0.417. The number of para-hydroxylation sites is 1. The van der Waals surface area contributed by atoms with Gasteiger partial charge in [-0.25, -0.2) is 0 Å². The number of carbonyl (C=O) groups excluding carboxylic acids is 1. The average Bonchev–Trinajstić information content (AvgIpc) is 2.33. The Morgan fingerprint density at radius 3 is 2.94 bits per heavy atom. The van der Waals surface area contributed by atoms with Gasteiger partial charge >= 0.3 is 0 Å². The Labute approximate surface area is 111 Å². The number of nitrogen functional groups attached to an aromatic ring is 1. The molecule has 5 nitrogen and oxygen atoms in total. The third kappa shape index (κ3) is 3.87. The minimum Gasteiger partial charge on any atom is -0.397 e. The summed E-state index contributed by atoms with van der Waals surface area (Å²) in [5, 5.41) is 12.0. The molecule has 0 saturated carbocycles. The van der Waals surface area contributed by atoms with E-state index in [0.717, 1.165) is 0 Å². The number of amides is 1. The van der Waals surface area contributed by atoms with E-state index in [1.54, 1.807) is 18.2 Å². The zero-order valence-electron chi connectivity index (χ0n) is 10.1. The van der Waals surface area contributed by atoms with Crippen molar-refractivity contribution in [3.8, 4) is 0 Å². The monoisotopic (exact) mass is 272 g/mol. The van der Waals surface area contributed by atoms with E-state index in [0.29, 0.717) is 23.6 Å². The van der Waals surface area contributed by atoms with Gasteiger partial charge in [-0.2, -0.15) is 0 Å². The lowest BCUT2D eigenvalue weighted by Gasteiger charge is -2.17. The number of methoxy groups -OCH3 is 1. The summed E-state index contributed by atoms with van der Waals surface area (Å²) >= 11 is 5.85. The van der Waals surface area contributed by atoms with Crippen molar-refractivity contribution in [1.29, 1.82) is 0 Å². The largest absolute Gasteiger partial charge is 0.397 e. The van der Waals surface area contributed by atoms with Gasteiger partial charge in [0, 0.05) is 13.7 Å². The van der Waals surface area contributed by atoms with Crippen LogP contribution in [0.3, 0.4) is 0 Å². The third-order valence-corrected chi connectivity index (χ3v) is 2.81. The van der Waals surface area contributed by atoms with Crippen molar-refractivity contribution in [2.24, 2.45) is 0 Å². The van der Waals surface area contributed by atoms with E-state index in [9.17, 15) is 4.79 Å². The number of carbonyl (C=O) groups is 1. The molecule has 1 aromatic carbocycles. The van der Waals surface area contributed by atoms with E-state index < -0.39 is 0 Å². The van der Waals surface area contributed by atoms with Gasteiger partial charge in [0.2, 0.25) is 0 Å². The Hall–Kier alpha value is -1.30. The number of nitrogens with two attached hydrogens (primary N) is 1. The van der Waals surface area contributed by atoms with Gasteiger partial charge in [0.15, 0.2) is 0 Å². The van der Waals surface area contributed by atoms with Crippen molar-refractivity contribution < 1.29 is 14.6 Å². The lowest BCUT2D eigenvalue weighted by Crippen LogP contribution is -2.39. The molecule has 0 spiro atoms. The summed E-state index contributed by atoms with van der Waals surface area (Å²) in [4.78, 5) is 12.0. The highest BCUT2D eigenvalue weighted by atomic mass is 35.5. The quantitative estimate of drug-likeness (QED) is 0.676. The number of hydrogen-bond acceptors (Lipinski definition) is 4. The molecule has 100 valence electrons. The number of hydrogen-bond donors (Lipinski definition) is 3. The zero-order chi connectivity index (χ0) is 13.5. The number of nitrogens with one attached hydrogen (secondary N) is 1. The number of rotatable bonds is 6. The molecule has 4 N–H and O–H groups in total. The van der Waals surface area contributed by atoms with Crippen molar-refractivity contribution >= 4 is 23.2 Å². The fourth-order valence-corrected chi connectivity index (χ4v) is 1.73. The summed E-state index contributed by atoms with van der Waals surface area (Å²) in [5.74, 6) is -0.328. The molecule has 1 amide bonds. The number of aliphatic hydroxyl groups is 1. The van der Waals surface area contributed by atoms with Gasteiger partial charge in [0.1, 0.15) is 0 Å². The van der Waals surface area contributed by atoms with Crippen LogP contribution in [0.15, 0.2) is 18.2 Å². The summed E-state index contributed by atoms with van der Waals surface area (Å²) in [6.07, 6.45) is 0.417. The predicted octanol–water partition coefficient (Wildman–Crippen LogP) is 1.05. The maximum Gasteiger partial charge on any atom is 0.253 e. The van der Waals surface area contributed by atoms with Gasteiger partial charge in [-0.05, 0) is 18.6 Å². The standard InChI is InChI=1S/C12H17ClN2O3/c1-18-7-8(5-6-16)15-12(17)9-3-2-4-10(13)11(9)14/h2-4,8,16H,5-7,14H2,1H3,(H,15,17). The molecule has 0 aliphatic carbocycles. The number of benzene rings is 1. The van der Waals surface area contributed by atoms with Gasteiger partial charge in [0.25, 0.3) is 5.91 Å². The number of ether oxygens (including phenoxy) is 1. The normalized spacial score (nSPS) is 12.2. The van der Waals surface area contributed by atoms with Gasteiger partial charge in [0.05, 0.1) is 28.9 Å². The van der Waals surface area contributed by atoms with Crippen LogP contribution in [0.25, 0.3) is 0 Å². The highest BCUT2D eigenvalue weighted by molar-refractivity contribution is 6.33. The number of aliphatic hydroxyl groups excluding tert-OH is 1. The molecule has 0 aromatic heterocycles. The first-order valence-electron chi connectivity index (χ1n) is 5.54. The van der Waals surface area contributed by atoms with Crippen LogP contribution in [0.1, 0.15) is 16.8 Å². The molecule has 0 radical (unpaired) electrons. The molecule has 1 aromatic rings. The molecule has 0 bridgehead atoms. The molecule has 0 aliphatic rings. The Bertz CT molecular complexity index is 406. The van der Waals surface area contributed by atoms with Crippen molar-refractivity contribution in [3.05, 3.63) is 28.8 Å². The second kappa shape index (κ2) is 7.20. The second-order valence-electron chi connectivity index (χ2n) is 3.84. The van der Waals surface area contributed by atoms with Crippen LogP contribution in [-0.4, -0.2) is 37.4 Å². The van der Waals surface area contributed by atoms with Crippen LogP contribution in [0, 0.1) is 0 Å². The van der Waals surface area contributed by atoms with E-state index in [4.69, 9.17) is 27.2 Å². The van der Waals surface area contributed by atoms with Crippen LogP contribution in [-0.2, 0) is 4.74 Å². The Kier molecular flexibility index (Phi) is 5.91. The Morgan fingerprint density at radius 1 is 1.61 bits per heavy atom. The molecule has 0 saturated heterocycles. The summed E-state index contributed by atoms with van der Waals surface area (Å²) in [7, 11) is 1.53. The van der Waals surface area contributed by atoms with Crippen LogP contribution in [0.4, 0.5) is 5.69 Å². The molecule has 1 unspecified atom stereocenters. The molecule has 0 fully saturated rings. The highest BCUT2D eigenvalue weighted by Crippen LogP contribution is 2.22. The summed E-state index contributed by atoms with van der Waals surface area (Å²) < 4.78 is 4.96. The average molecular weight is 273 g/mol. The van der Waals surface area contributed by atoms with E-state index in [2.05, 4.69) is 5.32 Å². The minimum atomic E-state index is -0.328. The van der Waals surface area contributed by atoms with E-state index in [1.807, 2.05) is 0 Å². The summed E-state index contributed by atoms with van der Waals surface area (Å²) in [6, 6.07) is 4.61. The predicted molar refractivity (Wildman–Crippen MR) is 70.7 cm³/mol. The topological polar surface area (TPSA) is 84.6 Å². The van der Waals surface area contributed by atoms with Crippen molar-refractivity contribution in [2.45, 2.75) is 12.5 Å². The van der Waals surface area contributed by atoms with Gasteiger partial charge in [-0.1, -0.05) is 17.7 Å². The molecule has 0 heterocycles. The Morgan fingerprint density at radius 2 is 2.33 bits per heavy atom. The van der Waals surface area contributed by atoms with Crippen LogP contribution in [0.2, 0.25) is 5.02 Å². The molecule has 0 aliphatic heterocycles. The number of anilines is 1. The third-order valence-electron chi connectivity index (χ3n) is 2.48. The van der Waals surface area contributed by atoms with Crippen molar-refractivity contribution in [2.75, 3.05) is 26.1 Å². The molecule has 1 rings (SSSR count).